The fourth-order valence-corrected chi connectivity index (χ4v) is 8.27. The number of allylic oxidation sites excluding steroid dienone is 2. The third kappa shape index (κ3) is 31.4. The van der Waals surface area contributed by atoms with E-state index in [1.54, 1.807) is 0 Å². The summed E-state index contributed by atoms with van der Waals surface area (Å²) >= 11 is 0. The molecule has 9 nitrogen and oxygen atoms in total. The van der Waals surface area contributed by atoms with Crippen LogP contribution < -0.4 is 5.32 Å². The van der Waals surface area contributed by atoms with Gasteiger partial charge in [-0.05, 0) is 38.5 Å². The molecule has 7 atom stereocenters. The van der Waals surface area contributed by atoms with Gasteiger partial charge >= 0.3 is 0 Å². The van der Waals surface area contributed by atoms with Gasteiger partial charge in [-0.25, -0.2) is 0 Å². The number of carbonyl (C=O) groups excluding carboxylic acids is 1. The molecule has 0 aromatic rings. The van der Waals surface area contributed by atoms with E-state index in [0.717, 1.165) is 51.4 Å². The molecule has 1 saturated heterocycles. The van der Waals surface area contributed by atoms with E-state index in [4.69, 9.17) is 9.47 Å². The molecule has 0 aromatic carbocycles. The summed E-state index contributed by atoms with van der Waals surface area (Å²) in [5.74, 6) is -0.151. The average molecular weight is 840 g/mol. The minimum Gasteiger partial charge on any atom is -0.394 e. The van der Waals surface area contributed by atoms with E-state index in [2.05, 4.69) is 31.3 Å². The Bertz CT molecular complexity index is 935. The van der Waals surface area contributed by atoms with Crippen LogP contribution in [-0.2, 0) is 14.3 Å². The van der Waals surface area contributed by atoms with Crippen molar-refractivity contribution >= 4 is 5.91 Å². The van der Waals surface area contributed by atoms with Gasteiger partial charge in [0.2, 0.25) is 5.91 Å². The van der Waals surface area contributed by atoms with E-state index in [0.29, 0.717) is 12.8 Å². The Kier molecular flexibility index (Phi) is 38.9. The number of nitrogens with one attached hydrogen (secondary N) is 1. The molecule has 0 saturated carbocycles. The van der Waals surface area contributed by atoms with Crippen molar-refractivity contribution in [3.63, 3.8) is 0 Å². The summed E-state index contributed by atoms with van der Waals surface area (Å²) in [5.41, 5.74) is 0. The molecule has 6 N–H and O–H groups in total. The van der Waals surface area contributed by atoms with Gasteiger partial charge in [-0.2, -0.15) is 0 Å². The molecule has 59 heavy (non-hydrogen) atoms. The maximum absolute atomic E-state index is 13.0. The summed E-state index contributed by atoms with van der Waals surface area (Å²) in [6.45, 7) is 3.83. The van der Waals surface area contributed by atoms with E-state index < -0.39 is 49.5 Å². The summed E-state index contributed by atoms with van der Waals surface area (Å²) in [6.07, 6.45) is 40.9. The minimum atomic E-state index is -1.55. The van der Waals surface area contributed by atoms with Crippen LogP contribution in [0.5, 0.6) is 0 Å². The molecule has 1 amide bonds. The highest BCUT2D eigenvalue weighted by atomic mass is 16.7. The predicted molar refractivity (Wildman–Crippen MR) is 244 cm³/mol. The average Bonchev–Trinajstić information content (AvgIpc) is 3.23. The van der Waals surface area contributed by atoms with Crippen LogP contribution in [0.25, 0.3) is 0 Å². The first-order valence-corrected chi connectivity index (χ1v) is 25.4. The predicted octanol–water partition coefficient (Wildman–Crippen LogP) is 11.3. The second-order valence-electron chi connectivity index (χ2n) is 18.0. The van der Waals surface area contributed by atoms with Gasteiger partial charge in [-0.3, -0.25) is 4.79 Å². The molecule has 9 heteroatoms. The zero-order valence-corrected chi connectivity index (χ0v) is 38.5. The Morgan fingerprint density at radius 3 is 1.39 bits per heavy atom. The first-order valence-electron chi connectivity index (χ1n) is 25.4. The van der Waals surface area contributed by atoms with Crippen molar-refractivity contribution in [1.82, 2.24) is 5.32 Å². The maximum atomic E-state index is 13.0. The number of aliphatic hydroxyl groups is 5. The van der Waals surface area contributed by atoms with Crippen LogP contribution in [-0.4, -0.2) is 87.5 Å². The number of ether oxygens (including phenoxy) is 2. The van der Waals surface area contributed by atoms with Gasteiger partial charge in [0, 0.05) is 6.42 Å². The lowest BCUT2D eigenvalue weighted by atomic mass is 9.99. The Labute approximate surface area is 363 Å². The molecule has 1 aliphatic heterocycles. The monoisotopic (exact) mass is 840 g/mol. The minimum absolute atomic E-state index is 0.138. The summed E-state index contributed by atoms with van der Waals surface area (Å²) in [5, 5.41) is 54.4. The van der Waals surface area contributed by atoms with Gasteiger partial charge in [-0.15, -0.1) is 0 Å². The Hall–Kier alpha value is -1.07. The summed E-state index contributed by atoms with van der Waals surface area (Å²) in [7, 11) is 0. The van der Waals surface area contributed by atoms with E-state index in [-0.39, 0.29) is 12.5 Å². The van der Waals surface area contributed by atoms with Crippen LogP contribution >= 0.6 is 0 Å². The molecule has 0 bridgehead atoms. The van der Waals surface area contributed by atoms with Gasteiger partial charge in [-0.1, -0.05) is 212 Å². The van der Waals surface area contributed by atoms with Crippen molar-refractivity contribution in [2.75, 3.05) is 13.2 Å². The van der Waals surface area contributed by atoms with Crippen molar-refractivity contribution in [3.05, 3.63) is 12.2 Å². The second-order valence-corrected chi connectivity index (χ2v) is 18.0. The molecule has 1 rings (SSSR count). The molecule has 0 spiro atoms. The smallest absolute Gasteiger partial charge is 0.220 e. The number of hydrogen-bond donors (Lipinski definition) is 6. The SMILES string of the molecule is CCCCCC/C=C\CCCCCCCC(=O)NC(COC1OC(CO)C(O)C(O)C1O)C(O)CCCCCCCCCCCCCCCCCCCCCCCCC. The number of amides is 1. The Balaban J connectivity index is 2.24. The third-order valence-electron chi connectivity index (χ3n) is 12.4. The Morgan fingerprint density at radius 1 is 0.559 bits per heavy atom. The lowest BCUT2D eigenvalue weighted by Crippen LogP contribution is -2.60. The molecule has 1 fully saturated rings. The van der Waals surface area contributed by atoms with Crippen LogP contribution in [0.2, 0.25) is 0 Å². The molecular weight excluding hydrogens is 743 g/mol. The first kappa shape index (κ1) is 55.9. The summed E-state index contributed by atoms with van der Waals surface area (Å²) in [4.78, 5) is 13.0. The van der Waals surface area contributed by atoms with Crippen molar-refractivity contribution in [3.8, 4) is 0 Å². The normalized spacial score (nSPS) is 20.7. The number of rotatable bonds is 43. The number of aliphatic hydroxyl groups excluding tert-OH is 5. The van der Waals surface area contributed by atoms with E-state index in [1.165, 1.54) is 167 Å². The second kappa shape index (κ2) is 41.0. The lowest BCUT2D eigenvalue weighted by molar-refractivity contribution is -0.302. The van der Waals surface area contributed by atoms with Crippen LogP contribution in [0.3, 0.4) is 0 Å². The molecule has 0 aromatic heterocycles. The van der Waals surface area contributed by atoms with Gasteiger partial charge < -0.3 is 40.3 Å². The number of hydrogen-bond acceptors (Lipinski definition) is 8. The van der Waals surface area contributed by atoms with Crippen LogP contribution in [0.1, 0.15) is 245 Å². The van der Waals surface area contributed by atoms with Gasteiger partial charge in [0.15, 0.2) is 6.29 Å². The first-order chi connectivity index (χ1) is 28.8. The third-order valence-corrected chi connectivity index (χ3v) is 12.4. The van der Waals surface area contributed by atoms with E-state index in [9.17, 15) is 30.3 Å². The highest BCUT2D eigenvalue weighted by Gasteiger charge is 2.44. The number of unbranched alkanes of at least 4 members (excludes halogenated alkanes) is 31. The van der Waals surface area contributed by atoms with E-state index >= 15 is 0 Å². The molecule has 0 radical (unpaired) electrons. The standard InChI is InChI=1S/C50H97NO8/c1-3-5-7-9-11-13-15-17-18-19-20-21-22-23-24-25-26-28-29-31-33-35-37-39-44(53)43(42-58-50-49(57)48(56)47(55)45(41-52)59-50)51-46(54)40-38-36-34-32-30-27-16-14-12-10-8-6-4-2/h14,16,43-45,47-50,52-53,55-57H,3-13,15,17-42H2,1-2H3,(H,51,54)/b16-14-. The summed E-state index contributed by atoms with van der Waals surface area (Å²) < 4.78 is 11.3. The maximum Gasteiger partial charge on any atom is 0.220 e. The van der Waals surface area contributed by atoms with E-state index in [1.807, 2.05) is 0 Å². The molecular formula is C50H97NO8. The molecule has 350 valence electrons. The Morgan fingerprint density at radius 2 is 0.949 bits per heavy atom. The molecule has 1 aliphatic rings. The number of carbonyl (C=O) groups is 1. The fraction of sp³-hybridized carbons (Fsp3) is 0.940. The summed E-state index contributed by atoms with van der Waals surface area (Å²) in [6, 6.07) is -0.719. The molecule has 1 heterocycles. The van der Waals surface area contributed by atoms with Crippen LogP contribution in [0.4, 0.5) is 0 Å². The molecule has 0 aliphatic carbocycles. The van der Waals surface area contributed by atoms with Crippen molar-refractivity contribution in [2.24, 2.45) is 0 Å². The van der Waals surface area contributed by atoms with Crippen LogP contribution in [0.15, 0.2) is 12.2 Å². The van der Waals surface area contributed by atoms with Crippen molar-refractivity contribution in [1.29, 1.82) is 0 Å². The quantitative estimate of drug-likeness (QED) is 0.0263. The zero-order chi connectivity index (χ0) is 43.0. The zero-order valence-electron chi connectivity index (χ0n) is 38.5. The molecule has 7 unspecified atom stereocenters. The van der Waals surface area contributed by atoms with Crippen molar-refractivity contribution in [2.45, 2.75) is 288 Å². The lowest BCUT2D eigenvalue weighted by Gasteiger charge is -2.40. The van der Waals surface area contributed by atoms with Gasteiger partial charge in [0.25, 0.3) is 0 Å². The van der Waals surface area contributed by atoms with Gasteiger partial charge in [0.05, 0.1) is 25.4 Å². The fourth-order valence-electron chi connectivity index (χ4n) is 8.27. The van der Waals surface area contributed by atoms with Gasteiger partial charge in [0.1, 0.15) is 24.4 Å². The van der Waals surface area contributed by atoms with Crippen LogP contribution in [0, 0.1) is 0 Å². The van der Waals surface area contributed by atoms with Crippen molar-refractivity contribution < 1.29 is 39.8 Å². The topological polar surface area (TPSA) is 149 Å². The highest BCUT2D eigenvalue weighted by molar-refractivity contribution is 5.76. The largest absolute Gasteiger partial charge is 0.394 e. The highest BCUT2D eigenvalue weighted by Crippen LogP contribution is 2.23.